The number of hydrogen-bond acceptors (Lipinski definition) is 8. The first-order chi connectivity index (χ1) is 18.5. The maximum absolute atomic E-state index is 13.0. The monoisotopic (exact) mass is 554 g/mol. The highest BCUT2D eigenvalue weighted by molar-refractivity contribution is 7.18. The van der Waals surface area contributed by atoms with Gasteiger partial charge in [0.25, 0.3) is 0 Å². The fourth-order valence-electron chi connectivity index (χ4n) is 3.82. The van der Waals surface area contributed by atoms with E-state index in [1.54, 1.807) is 31.3 Å². The van der Waals surface area contributed by atoms with Gasteiger partial charge in [-0.15, -0.1) is 0 Å². The first kappa shape index (κ1) is 33.6. The predicted molar refractivity (Wildman–Crippen MR) is 169 cm³/mol. The number of benzene rings is 2. The zero-order chi connectivity index (χ0) is 27.9. The summed E-state index contributed by atoms with van der Waals surface area (Å²) >= 11 is 1.31. The Kier molecular flexibility index (Phi) is 15.5. The van der Waals surface area contributed by atoms with E-state index in [1.807, 2.05) is 26.0 Å². The molecule has 0 radical (unpaired) electrons. The Hall–Kier alpha value is -3.43. The molecule has 2 heterocycles. The zero-order valence-electron chi connectivity index (χ0n) is 23.5. The Bertz CT molecular complexity index is 1110. The fourth-order valence-corrected chi connectivity index (χ4v) is 4.77. The summed E-state index contributed by atoms with van der Waals surface area (Å²) in [5.41, 5.74) is 3.31. The Morgan fingerprint density at radius 3 is 2.03 bits per heavy atom. The van der Waals surface area contributed by atoms with Crippen molar-refractivity contribution in [2.45, 2.75) is 48.5 Å². The van der Waals surface area contributed by atoms with E-state index in [-0.39, 0.29) is 13.2 Å². The van der Waals surface area contributed by atoms with Gasteiger partial charge in [-0.3, -0.25) is 9.59 Å². The molecule has 0 bridgehead atoms. The molecule has 0 spiro atoms. The van der Waals surface area contributed by atoms with E-state index in [9.17, 15) is 9.59 Å². The van der Waals surface area contributed by atoms with Crippen LogP contribution in [0.2, 0.25) is 0 Å². The van der Waals surface area contributed by atoms with Crippen LogP contribution in [-0.2, 0) is 4.79 Å². The van der Waals surface area contributed by atoms with Crippen LogP contribution in [0.15, 0.2) is 48.5 Å². The molecule has 1 aromatic heterocycles. The molecule has 1 fully saturated rings. The van der Waals surface area contributed by atoms with Crippen molar-refractivity contribution in [3.8, 4) is 0 Å². The summed E-state index contributed by atoms with van der Waals surface area (Å²) < 4.78 is 0. The second-order valence-electron chi connectivity index (χ2n) is 8.42. The number of hydrogen-bond donors (Lipinski definition) is 3. The summed E-state index contributed by atoms with van der Waals surface area (Å²) in [6.07, 6.45) is 1.86. The van der Waals surface area contributed by atoms with E-state index >= 15 is 0 Å². The third-order valence-electron chi connectivity index (χ3n) is 5.75. The van der Waals surface area contributed by atoms with Crippen LogP contribution < -0.4 is 20.9 Å². The van der Waals surface area contributed by atoms with Crippen molar-refractivity contribution in [1.29, 1.82) is 0 Å². The Morgan fingerprint density at radius 1 is 0.949 bits per heavy atom. The highest BCUT2D eigenvalue weighted by Crippen LogP contribution is 2.32. The molecule has 1 amide bonds. The molecule has 39 heavy (non-hydrogen) atoms. The number of anilines is 5. The van der Waals surface area contributed by atoms with Gasteiger partial charge in [-0.1, -0.05) is 59.8 Å². The van der Waals surface area contributed by atoms with Gasteiger partial charge in [-0.25, -0.2) is 4.98 Å². The van der Waals surface area contributed by atoms with Crippen LogP contribution in [0.25, 0.3) is 0 Å². The number of thiazole rings is 1. The number of rotatable bonds is 9. The highest BCUT2D eigenvalue weighted by atomic mass is 32.1. The molecular formula is C30H46N6O2S. The molecule has 3 N–H and O–H groups in total. The molecule has 2 aromatic carbocycles. The van der Waals surface area contributed by atoms with Gasteiger partial charge in [0.05, 0.1) is 0 Å². The molecule has 9 heteroatoms. The number of nitrogens with one attached hydrogen (secondary N) is 3. The molecule has 3 aromatic rings. The molecule has 0 atom stereocenters. The summed E-state index contributed by atoms with van der Waals surface area (Å²) in [6.45, 7) is 15.8. The van der Waals surface area contributed by atoms with E-state index < -0.39 is 0 Å². The van der Waals surface area contributed by atoms with Gasteiger partial charge in [-0.2, -0.15) is 0 Å². The smallest absolute Gasteiger partial charge is 0.211 e. The van der Waals surface area contributed by atoms with Crippen LogP contribution in [0.3, 0.4) is 0 Å². The SMILES string of the molecule is C.CC.CCC.CCN1CCN(c2ccc(Nc3nc(NC)c(C(=O)c4ccc(NC=O)cc4)s3)cc2)CC1. The first-order valence-corrected chi connectivity index (χ1v) is 14.2. The van der Waals surface area contributed by atoms with Crippen LogP contribution >= 0.6 is 11.3 Å². The molecule has 0 unspecified atom stereocenters. The van der Waals surface area contributed by atoms with Crippen molar-refractivity contribution < 1.29 is 9.59 Å². The Labute approximate surface area is 238 Å². The van der Waals surface area contributed by atoms with Crippen molar-refractivity contribution in [3.63, 3.8) is 0 Å². The Morgan fingerprint density at radius 2 is 1.51 bits per heavy atom. The van der Waals surface area contributed by atoms with Crippen molar-refractivity contribution in [1.82, 2.24) is 9.88 Å². The van der Waals surface area contributed by atoms with Crippen molar-refractivity contribution in [2.24, 2.45) is 0 Å². The normalized spacial score (nSPS) is 12.5. The molecule has 0 aliphatic carbocycles. The van der Waals surface area contributed by atoms with Gasteiger partial charge in [0.15, 0.2) is 10.9 Å². The number of aromatic nitrogens is 1. The number of likely N-dealkylation sites (N-methyl/N-ethyl adjacent to an activating group) is 1. The lowest BCUT2D eigenvalue weighted by atomic mass is 10.1. The number of nitrogens with zero attached hydrogens (tertiary/aromatic N) is 3. The summed E-state index contributed by atoms with van der Waals surface area (Å²) in [4.78, 5) is 33.5. The summed E-state index contributed by atoms with van der Waals surface area (Å²) in [5, 5.41) is 9.54. The topological polar surface area (TPSA) is 89.6 Å². The summed E-state index contributed by atoms with van der Waals surface area (Å²) in [6, 6.07) is 15.1. The summed E-state index contributed by atoms with van der Waals surface area (Å²) in [5.74, 6) is 0.414. The van der Waals surface area contributed by atoms with Gasteiger partial charge in [-0.05, 0) is 55.1 Å². The lowest BCUT2D eigenvalue weighted by Gasteiger charge is -2.35. The molecule has 1 saturated heterocycles. The minimum Gasteiger partial charge on any atom is -0.372 e. The van der Waals surface area contributed by atoms with Crippen LogP contribution in [0.4, 0.5) is 28.0 Å². The number of ketones is 1. The van der Waals surface area contributed by atoms with E-state index in [4.69, 9.17) is 0 Å². The van der Waals surface area contributed by atoms with Crippen LogP contribution in [-0.4, -0.2) is 61.8 Å². The van der Waals surface area contributed by atoms with Gasteiger partial charge in [0.1, 0.15) is 4.88 Å². The quantitative estimate of drug-likeness (QED) is 0.195. The lowest BCUT2D eigenvalue weighted by Crippen LogP contribution is -2.46. The second kappa shape index (κ2) is 18.0. The highest BCUT2D eigenvalue weighted by Gasteiger charge is 2.20. The minimum atomic E-state index is -0.121. The average molecular weight is 555 g/mol. The maximum atomic E-state index is 13.0. The van der Waals surface area contributed by atoms with Gasteiger partial charge in [0, 0.05) is 55.9 Å². The molecule has 0 saturated carbocycles. The van der Waals surface area contributed by atoms with Crippen LogP contribution in [0.1, 0.15) is 63.7 Å². The van der Waals surface area contributed by atoms with E-state index in [1.165, 1.54) is 23.4 Å². The molecule has 8 nitrogen and oxygen atoms in total. The van der Waals surface area contributed by atoms with Crippen LogP contribution in [0.5, 0.6) is 0 Å². The first-order valence-electron chi connectivity index (χ1n) is 13.4. The van der Waals surface area contributed by atoms with Gasteiger partial charge >= 0.3 is 0 Å². The predicted octanol–water partition coefficient (Wildman–Crippen LogP) is 6.95. The third kappa shape index (κ3) is 9.67. The minimum absolute atomic E-state index is 0. The van der Waals surface area contributed by atoms with E-state index in [2.05, 4.69) is 63.6 Å². The fraction of sp³-hybridized carbons (Fsp3) is 0.433. The molecule has 1 aliphatic heterocycles. The van der Waals surface area contributed by atoms with Crippen LogP contribution in [0, 0.1) is 0 Å². The zero-order valence-corrected chi connectivity index (χ0v) is 24.3. The standard InChI is InChI=1S/C24H28N6O2S.C3H8.C2H6.CH4/c1-3-29-12-14-30(15-13-29)20-10-8-19(9-11-20)27-24-28-23(25-2)22(33-24)21(32)17-4-6-18(7-5-17)26-16-31;1-3-2;1-2;/h4-11,16,25H,3,12-15H2,1-2H3,(H,26,31)(H,27,28);3H2,1-2H3;1-2H3;1H4. The van der Waals surface area contributed by atoms with E-state index in [0.29, 0.717) is 33.5 Å². The van der Waals surface area contributed by atoms with Gasteiger partial charge < -0.3 is 25.8 Å². The van der Waals surface area contributed by atoms with Gasteiger partial charge in [0.2, 0.25) is 12.2 Å². The summed E-state index contributed by atoms with van der Waals surface area (Å²) in [7, 11) is 1.75. The van der Waals surface area contributed by atoms with Crippen molar-refractivity contribution >= 4 is 51.5 Å². The molecule has 1 aliphatic rings. The number of carbonyl (C=O) groups is 2. The third-order valence-corrected chi connectivity index (χ3v) is 6.72. The van der Waals surface area contributed by atoms with E-state index in [0.717, 1.165) is 38.4 Å². The Balaban J connectivity index is 0.00000119. The number of amides is 1. The molecular weight excluding hydrogens is 508 g/mol. The van der Waals surface area contributed by atoms with Crippen molar-refractivity contribution in [3.05, 3.63) is 59.0 Å². The molecule has 4 rings (SSSR count). The largest absolute Gasteiger partial charge is 0.372 e. The lowest BCUT2D eigenvalue weighted by molar-refractivity contribution is -0.105. The number of piperazine rings is 1. The second-order valence-corrected chi connectivity index (χ2v) is 9.41. The van der Waals surface area contributed by atoms with Crippen molar-refractivity contribution in [2.75, 3.05) is 60.6 Å². The maximum Gasteiger partial charge on any atom is 0.211 e. The number of carbonyl (C=O) groups excluding carboxylic acids is 2. The molecule has 214 valence electrons. The average Bonchev–Trinajstić information content (AvgIpc) is 3.38.